The number of piperidine rings is 1. The summed E-state index contributed by atoms with van der Waals surface area (Å²) >= 11 is 0. The quantitative estimate of drug-likeness (QED) is 0.859. The Morgan fingerprint density at radius 2 is 1.90 bits per heavy atom. The SMILES string of the molecule is CC(C)(C)OC(=O)N1CCCC(N(CC(=O)O)C2CC2)C1. The van der Waals surface area contributed by atoms with Crippen molar-refractivity contribution in [2.45, 2.75) is 64.1 Å². The highest BCUT2D eigenvalue weighted by molar-refractivity contribution is 5.69. The molecule has 0 bridgehead atoms. The molecule has 1 N–H and O–H groups in total. The van der Waals surface area contributed by atoms with Crippen molar-refractivity contribution in [3.63, 3.8) is 0 Å². The van der Waals surface area contributed by atoms with Crippen LogP contribution in [0.5, 0.6) is 0 Å². The van der Waals surface area contributed by atoms with Crippen LogP contribution in [0.15, 0.2) is 0 Å². The second-order valence-corrected chi connectivity index (χ2v) is 7.02. The van der Waals surface area contributed by atoms with Gasteiger partial charge in [-0.05, 0) is 46.5 Å². The molecule has 6 nitrogen and oxygen atoms in total. The molecule has 2 aliphatic rings. The van der Waals surface area contributed by atoms with Crippen molar-refractivity contribution in [2.75, 3.05) is 19.6 Å². The first-order valence-electron chi connectivity index (χ1n) is 7.72. The molecule has 0 aromatic carbocycles. The smallest absolute Gasteiger partial charge is 0.410 e. The normalized spacial score (nSPS) is 23.2. The van der Waals surface area contributed by atoms with Crippen molar-refractivity contribution in [2.24, 2.45) is 0 Å². The van der Waals surface area contributed by atoms with Gasteiger partial charge in [-0.15, -0.1) is 0 Å². The van der Waals surface area contributed by atoms with E-state index in [1.807, 2.05) is 20.8 Å². The van der Waals surface area contributed by atoms with E-state index in [0.29, 0.717) is 19.1 Å². The second-order valence-electron chi connectivity index (χ2n) is 7.02. The number of aliphatic carboxylic acids is 1. The van der Waals surface area contributed by atoms with Crippen molar-refractivity contribution in [3.8, 4) is 0 Å². The molecule has 2 rings (SSSR count). The molecule has 1 atom stereocenters. The average molecular weight is 298 g/mol. The number of nitrogens with zero attached hydrogens (tertiary/aromatic N) is 2. The third-order valence-electron chi connectivity index (χ3n) is 3.85. The van der Waals surface area contributed by atoms with Gasteiger partial charge >= 0.3 is 12.1 Å². The Kier molecular flexibility index (Phi) is 4.76. The first-order valence-corrected chi connectivity index (χ1v) is 7.72. The molecule has 0 aromatic rings. The van der Waals surface area contributed by atoms with E-state index in [2.05, 4.69) is 4.90 Å². The monoisotopic (exact) mass is 298 g/mol. The molecule has 0 aromatic heterocycles. The summed E-state index contributed by atoms with van der Waals surface area (Å²) in [6.07, 6.45) is 3.68. The number of carboxylic acids is 1. The lowest BCUT2D eigenvalue weighted by atomic mass is 10.0. The maximum atomic E-state index is 12.2. The Morgan fingerprint density at radius 3 is 2.43 bits per heavy atom. The van der Waals surface area contributed by atoms with E-state index < -0.39 is 11.6 Å². The number of rotatable bonds is 4. The van der Waals surface area contributed by atoms with Gasteiger partial charge in [0.15, 0.2) is 0 Å². The zero-order valence-electron chi connectivity index (χ0n) is 13.2. The molecule has 1 unspecified atom stereocenters. The first-order chi connectivity index (χ1) is 9.76. The minimum absolute atomic E-state index is 0.0670. The Morgan fingerprint density at radius 1 is 1.24 bits per heavy atom. The fourth-order valence-corrected chi connectivity index (χ4v) is 2.84. The van der Waals surface area contributed by atoms with Gasteiger partial charge in [-0.1, -0.05) is 0 Å². The second kappa shape index (κ2) is 6.22. The zero-order chi connectivity index (χ0) is 15.6. The van der Waals surface area contributed by atoms with Crippen molar-refractivity contribution >= 4 is 12.1 Å². The van der Waals surface area contributed by atoms with E-state index in [4.69, 9.17) is 9.84 Å². The van der Waals surface area contributed by atoms with Gasteiger partial charge in [-0.2, -0.15) is 0 Å². The number of carbonyl (C=O) groups is 2. The van der Waals surface area contributed by atoms with Gasteiger partial charge in [0.2, 0.25) is 0 Å². The Bertz CT molecular complexity index is 401. The van der Waals surface area contributed by atoms with Gasteiger partial charge in [0, 0.05) is 25.2 Å². The molecule has 1 saturated carbocycles. The van der Waals surface area contributed by atoms with Crippen LogP contribution in [0.3, 0.4) is 0 Å². The Balaban J connectivity index is 1.95. The molecule has 1 aliphatic carbocycles. The van der Waals surface area contributed by atoms with Crippen LogP contribution in [0, 0.1) is 0 Å². The lowest BCUT2D eigenvalue weighted by molar-refractivity contribution is -0.139. The number of carboxylic acid groups (broad SMARTS) is 1. The van der Waals surface area contributed by atoms with Crippen LogP contribution >= 0.6 is 0 Å². The van der Waals surface area contributed by atoms with Crippen LogP contribution < -0.4 is 0 Å². The summed E-state index contributed by atoms with van der Waals surface area (Å²) in [5, 5.41) is 9.07. The van der Waals surface area contributed by atoms with Crippen molar-refractivity contribution < 1.29 is 19.4 Å². The average Bonchev–Trinajstić information content (AvgIpc) is 3.18. The van der Waals surface area contributed by atoms with Crippen molar-refractivity contribution in [1.82, 2.24) is 9.80 Å². The van der Waals surface area contributed by atoms with Crippen LogP contribution in [0.4, 0.5) is 4.79 Å². The van der Waals surface area contributed by atoms with Gasteiger partial charge in [-0.25, -0.2) is 4.79 Å². The summed E-state index contributed by atoms with van der Waals surface area (Å²) in [5.74, 6) is -0.795. The minimum atomic E-state index is -0.795. The third-order valence-corrected chi connectivity index (χ3v) is 3.85. The summed E-state index contributed by atoms with van der Waals surface area (Å²) in [6.45, 7) is 6.89. The summed E-state index contributed by atoms with van der Waals surface area (Å²) in [7, 11) is 0. The fourth-order valence-electron chi connectivity index (χ4n) is 2.84. The van der Waals surface area contributed by atoms with E-state index in [-0.39, 0.29) is 18.7 Å². The molecule has 0 spiro atoms. The van der Waals surface area contributed by atoms with Gasteiger partial charge in [-0.3, -0.25) is 9.69 Å². The van der Waals surface area contributed by atoms with Crippen molar-refractivity contribution in [1.29, 1.82) is 0 Å². The van der Waals surface area contributed by atoms with Crippen molar-refractivity contribution in [3.05, 3.63) is 0 Å². The number of likely N-dealkylation sites (tertiary alicyclic amines) is 1. The lowest BCUT2D eigenvalue weighted by Gasteiger charge is -2.39. The van der Waals surface area contributed by atoms with Crippen LogP contribution in [0.1, 0.15) is 46.5 Å². The van der Waals surface area contributed by atoms with E-state index in [1.165, 1.54) is 0 Å². The largest absolute Gasteiger partial charge is 0.480 e. The van der Waals surface area contributed by atoms with E-state index in [9.17, 15) is 9.59 Å². The molecule has 2 fully saturated rings. The van der Waals surface area contributed by atoms with E-state index in [0.717, 1.165) is 25.7 Å². The molecular formula is C15H26N2O4. The lowest BCUT2D eigenvalue weighted by Crippen LogP contribution is -2.52. The molecule has 6 heteroatoms. The van der Waals surface area contributed by atoms with Gasteiger partial charge in [0.25, 0.3) is 0 Å². The standard InChI is InChI=1S/C15H26N2O4/c1-15(2,3)21-14(20)16-8-4-5-12(9-16)17(10-13(18)19)11-6-7-11/h11-12H,4-10H2,1-3H3,(H,18,19). The number of amides is 1. The van der Waals surface area contributed by atoms with Crippen LogP contribution in [-0.2, 0) is 9.53 Å². The fraction of sp³-hybridized carbons (Fsp3) is 0.867. The van der Waals surface area contributed by atoms with Crippen LogP contribution in [0.2, 0.25) is 0 Å². The van der Waals surface area contributed by atoms with Gasteiger partial charge in [0.05, 0.1) is 6.54 Å². The van der Waals surface area contributed by atoms with Gasteiger partial charge < -0.3 is 14.7 Å². The van der Waals surface area contributed by atoms with Crippen LogP contribution in [0.25, 0.3) is 0 Å². The van der Waals surface area contributed by atoms with Crippen LogP contribution in [-0.4, -0.2) is 64.3 Å². The predicted molar refractivity (Wildman–Crippen MR) is 78.2 cm³/mol. The molecule has 21 heavy (non-hydrogen) atoms. The Labute approximate surface area is 126 Å². The summed E-state index contributed by atoms with van der Waals surface area (Å²) < 4.78 is 5.41. The topological polar surface area (TPSA) is 70.1 Å². The molecular weight excluding hydrogens is 272 g/mol. The van der Waals surface area contributed by atoms with E-state index >= 15 is 0 Å². The maximum absolute atomic E-state index is 12.2. The zero-order valence-corrected chi connectivity index (χ0v) is 13.2. The third kappa shape index (κ3) is 4.88. The summed E-state index contributed by atoms with van der Waals surface area (Å²) in [5.41, 5.74) is -0.499. The minimum Gasteiger partial charge on any atom is -0.480 e. The first kappa shape index (κ1) is 16.1. The Hall–Kier alpha value is -1.30. The molecule has 1 amide bonds. The highest BCUT2D eigenvalue weighted by atomic mass is 16.6. The molecule has 1 heterocycles. The molecule has 0 radical (unpaired) electrons. The molecule has 120 valence electrons. The number of hydrogen-bond acceptors (Lipinski definition) is 4. The highest BCUT2D eigenvalue weighted by Gasteiger charge is 2.38. The number of carbonyl (C=O) groups excluding carboxylic acids is 1. The molecule has 1 saturated heterocycles. The summed E-state index contributed by atoms with van der Waals surface area (Å²) in [6, 6.07) is 0.513. The highest BCUT2D eigenvalue weighted by Crippen LogP contribution is 2.31. The van der Waals surface area contributed by atoms with E-state index in [1.54, 1.807) is 4.90 Å². The maximum Gasteiger partial charge on any atom is 0.410 e. The number of hydrogen-bond donors (Lipinski definition) is 1. The predicted octanol–water partition coefficient (Wildman–Crippen LogP) is 1.93. The summed E-state index contributed by atoms with van der Waals surface area (Å²) in [4.78, 5) is 27.0. The van der Waals surface area contributed by atoms with Gasteiger partial charge in [0.1, 0.15) is 5.60 Å². The molecule has 1 aliphatic heterocycles. The number of ether oxygens (including phenoxy) is 1.